The Labute approximate surface area is 228 Å². The fourth-order valence-corrected chi connectivity index (χ4v) is 5.82. The summed E-state index contributed by atoms with van der Waals surface area (Å²) in [4.78, 5) is 20.6. The number of aromatic nitrogens is 1. The van der Waals surface area contributed by atoms with E-state index in [1.807, 2.05) is 4.90 Å². The summed E-state index contributed by atoms with van der Waals surface area (Å²) in [5.41, 5.74) is 0.0481. The number of piperazine rings is 1. The van der Waals surface area contributed by atoms with Gasteiger partial charge in [-0.3, -0.25) is 19.4 Å². The molecule has 1 N–H and O–H groups in total. The van der Waals surface area contributed by atoms with Gasteiger partial charge in [-0.15, -0.1) is 0 Å². The molecule has 0 saturated carbocycles. The van der Waals surface area contributed by atoms with Crippen LogP contribution in [0.15, 0.2) is 83.9 Å². The van der Waals surface area contributed by atoms with Gasteiger partial charge in [0.25, 0.3) is 15.9 Å². The summed E-state index contributed by atoms with van der Waals surface area (Å²) in [7, 11) is -4.17. The van der Waals surface area contributed by atoms with E-state index in [4.69, 9.17) is 0 Å². The molecule has 1 saturated heterocycles. The number of anilines is 1. The smallest absolute Gasteiger partial charge is 0.336 e. The number of pyridine rings is 1. The maximum Gasteiger partial charge on any atom is 0.416 e. The molecule has 0 bridgehead atoms. The quantitative estimate of drug-likeness (QED) is 0.323. The Hall–Kier alpha value is -4.03. The molecule has 1 aliphatic heterocycles. The first-order valence-corrected chi connectivity index (χ1v) is 13.8. The lowest BCUT2D eigenvalue weighted by atomic mass is 10.1. The highest BCUT2D eigenvalue weighted by Gasteiger charge is 2.30. The van der Waals surface area contributed by atoms with Gasteiger partial charge >= 0.3 is 6.18 Å². The average Bonchev–Trinajstić information content (AvgIpc) is 2.93. The molecule has 1 amide bonds. The molecule has 5 rings (SSSR count). The molecule has 12 heteroatoms. The SMILES string of the molecule is O=C(c1ccc(NS(=O)(=O)c2cccc3cccnc23)c(F)c1)N1CCN(Cc2ccc(C(F)(F)F)cc2)CC1. The zero-order valence-electron chi connectivity index (χ0n) is 21.0. The normalized spacial score (nSPS) is 14.8. The van der Waals surface area contributed by atoms with Crippen LogP contribution in [0, 0.1) is 5.82 Å². The lowest BCUT2D eigenvalue weighted by Gasteiger charge is -2.34. The van der Waals surface area contributed by atoms with Crippen LogP contribution in [-0.4, -0.2) is 55.3 Å². The van der Waals surface area contributed by atoms with Crippen molar-refractivity contribution in [3.8, 4) is 0 Å². The molecule has 4 aromatic rings. The lowest BCUT2D eigenvalue weighted by molar-refractivity contribution is -0.137. The van der Waals surface area contributed by atoms with E-state index in [1.54, 1.807) is 29.2 Å². The van der Waals surface area contributed by atoms with Crippen LogP contribution in [0.25, 0.3) is 10.9 Å². The number of para-hydroxylation sites is 1. The second kappa shape index (κ2) is 10.9. The number of amides is 1. The van der Waals surface area contributed by atoms with E-state index in [1.165, 1.54) is 36.5 Å². The van der Waals surface area contributed by atoms with Gasteiger partial charge in [-0.25, -0.2) is 12.8 Å². The molecule has 208 valence electrons. The van der Waals surface area contributed by atoms with Crippen LogP contribution in [0.4, 0.5) is 23.2 Å². The summed E-state index contributed by atoms with van der Waals surface area (Å²) >= 11 is 0. The van der Waals surface area contributed by atoms with Crippen molar-refractivity contribution in [2.45, 2.75) is 17.6 Å². The van der Waals surface area contributed by atoms with Crippen LogP contribution in [0.5, 0.6) is 0 Å². The second-order valence-electron chi connectivity index (χ2n) is 9.39. The van der Waals surface area contributed by atoms with Gasteiger partial charge in [-0.2, -0.15) is 13.2 Å². The molecule has 0 spiro atoms. The summed E-state index contributed by atoms with van der Waals surface area (Å²) < 4.78 is 81.5. The fourth-order valence-electron chi connectivity index (χ4n) is 4.57. The van der Waals surface area contributed by atoms with E-state index in [0.717, 1.165) is 23.8 Å². The Balaban J connectivity index is 1.21. The number of carbonyl (C=O) groups is 1. The summed E-state index contributed by atoms with van der Waals surface area (Å²) in [5.74, 6) is -1.30. The van der Waals surface area contributed by atoms with E-state index in [9.17, 15) is 30.8 Å². The van der Waals surface area contributed by atoms with Crippen LogP contribution in [0.3, 0.4) is 0 Å². The van der Waals surface area contributed by atoms with Gasteiger partial charge in [0.2, 0.25) is 0 Å². The number of rotatable bonds is 6. The molecule has 0 aliphatic carbocycles. The number of nitrogens with zero attached hydrogens (tertiary/aromatic N) is 3. The van der Waals surface area contributed by atoms with Crippen molar-refractivity contribution >= 4 is 32.5 Å². The molecular formula is C28H24F4N4O3S. The van der Waals surface area contributed by atoms with Crippen molar-refractivity contribution in [2.24, 2.45) is 0 Å². The van der Waals surface area contributed by atoms with Crippen molar-refractivity contribution in [3.63, 3.8) is 0 Å². The van der Waals surface area contributed by atoms with E-state index >= 15 is 0 Å². The highest BCUT2D eigenvalue weighted by atomic mass is 32.2. The Kier molecular flexibility index (Phi) is 7.47. The maximum absolute atomic E-state index is 15.0. The van der Waals surface area contributed by atoms with Gasteiger partial charge in [-0.05, 0) is 48.0 Å². The first-order chi connectivity index (χ1) is 19.0. The maximum atomic E-state index is 15.0. The molecule has 7 nitrogen and oxygen atoms in total. The summed E-state index contributed by atoms with van der Waals surface area (Å²) in [6.07, 6.45) is -2.92. The number of benzene rings is 3. The Morgan fingerprint density at radius 2 is 1.62 bits per heavy atom. The zero-order chi connectivity index (χ0) is 28.5. The standard InChI is InChI=1S/C28H24F4N4O3S/c29-23-17-21(8-11-24(23)34-40(38,39)25-5-1-3-20-4-2-12-33-26(20)25)27(37)36-15-13-35(14-16-36)18-19-6-9-22(10-7-19)28(30,31)32/h1-12,17,34H,13-16,18H2. The van der Waals surface area contributed by atoms with Crippen LogP contribution in [-0.2, 0) is 22.7 Å². The Morgan fingerprint density at radius 3 is 2.30 bits per heavy atom. The van der Waals surface area contributed by atoms with Gasteiger partial charge in [0.05, 0.1) is 16.8 Å². The third-order valence-corrected chi connectivity index (χ3v) is 8.09. The number of hydrogen-bond donors (Lipinski definition) is 1. The molecule has 1 aromatic heterocycles. The van der Waals surface area contributed by atoms with E-state index in [0.29, 0.717) is 38.1 Å². The zero-order valence-corrected chi connectivity index (χ0v) is 21.8. The average molecular weight is 573 g/mol. The molecule has 0 atom stereocenters. The number of sulfonamides is 1. The largest absolute Gasteiger partial charge is 0.416 e. The molecular weight excluding hydrogens is 548 g/mol. The van der Waals surface area contributed by atoms with Crippen molar-refractivity contribution in [2.75, 3.05) is 30.9 Å². The topological polar surface area (TPSA) is 82.6 Å². The van der Waals surface area contributed by atoms with Crippen LogP contribution >= 0.6 is 0 Å². The number of hydrogen-bond acceptors (Lipinski definition) is 5. The monoisotopic (exact) mass is 572 g/mol. The van der Waals surface area contributed by atoms with E-state index in [2.05, 4.69) is 9.71 Å². The predicted octanol–water partition coefficient (Wildman–Crippen LogP) is 5.15. The number of carbonyl (C=O) groups excluding carboxylic acids is 1. The molecule has 1 aliphatic rings. The Bertz CT molecular complexity index is 1650. The minimum absolute atomic E-state index is 0.0727. The summed E-state index contributed by atoms with van der Waals surface area (Å²) in [5, 5.41) is 0.617. The van der Waals surface area contributed by atoms with Crippen molar-refractivity contribution < 1.29 is 30.8 Å². The molecule has 40 heavy (non-hydrogen) atoms. The second-order valence-corrected chi connectivity index (χ2v) is 11.0. The minimum Gasteiger partial charge on any atom is -0.336 e. The molecule has 3 aromatic carbocycles. The minimum atomic E-state index is -4.39. The third-order valence-electron chi connectivity index (χ3n) is 6.69. The van der Waals surface area contributed by atoms with Crippen LogP contribution in [0.2, 0.25) is 0 Å². The van der Waals surface area contributed by atoms with Gasteiger partial charge in [0, 0.05) is 49.9 Å². The lowest BCUT2D eigenvalue weighted by Crippen LogP contribution is -2.48. The Morgan fingerprint density at radius 1 is 0.925 bits per heavy atom. The van der Waals surface area contributed by atoms with E-state index < -0.39 is 33.5 Å². The van der Waals surface area contributed by atoms with Crippen molar-refractivity contribution in [3.05, 3.63) is 102 Å². The molecule has 1 fully saturated rings. The van der Waals surface area contributed by atoms with Gasteiger partial charge < -0.3 is 4.90 Å². The highest BCUT2D eigenvalue weighted by Crippen LogP contribution is 2.29. The molecule has 0 radical (unpaired) electrons. The third kappa shape index (κ3) is 5.92. The molecule has 0 unspecified atom stereocenters. The summed E-state index contributed by atoms with van der Waals surface area (Å²) in [6.45, 7) is 2.13. The van der Waals surface area contributed by atoms with Crippen molar-refractivity contribution in [1.82, 2.24) is 14.8 Å². The first kappa shape index (κ1) is 27.5. The first-order valence-electron chi connectivity index (χ1n) is 12.4. The van der Waals surface area contributed by atoms with E-state index in [-0.39, 0.29) is 21.7 Å². The number of nitrogens with one attached hydrogen (secondary N) is 1. The number of fused-ring (bicyclic) bond motifs is 1. The predicted molar refractivity (Wildman–Crippen MR) is 142 cm³/mol. The van der Waals surface area contributed by atoms with Crippen LogP contribution < -0.4 is 4.72 Å². The molecule has 2 heterocycles. The number of halogens is 4. The van der Waals surface area contributed by atoms with Crippen molar-refractivity contribution in [1.29, 1.82) is 0 Å². The fraction of sp³-hybridized carbons (Fsp3) is 0.214. The van der Waals surface area contributed by atoms with Gasteiger partial charge in [0.1, 0.15) is 10.7 Å². The summed E-state index contributed by atoms with van der Waals surface area (Å²) in [6, 6.07) is 16.6. The van der Waals surface area contributed by atoms with Crippen LogP contribution in [0.1, 0.15) is 21.5 Å². The van der Waals surface area contributed by atoms with Gasteiger partial charge in [-0.1, -0.05) is 30.3 Å². The van der Waals surface area contributed by atoms with Gasteiger partial charge in [0.15, 0.2) is 0 Å². The highest BCUT2D eigenvalue weighted by molar-refractivity contribution is 7.93. The number of alkyl halides is 3.